The summed E-state index contributed by atoms with van der Waals surface area (Å²) in [6.45, 7) is 12.7. The fraction of sp³-hybridized carbons (Fsp3) is 0.444. The predicted molar refractivity (Wildman–Crippen MR) is 134 cm³/mol. The summed E-state index contributed by atoms with van der Waals surface area (Å²) in [6.07, 6.45) is -0.0812. The van der Waals surface area contributed by atoms with Gasteiger partial charge in [-0.25, -0.2) is 4.79 Å². The summed E-state index contributed by atoms with van der Waals surface area (Å²) < 4.78 is 5.26. The van der Waals surface area contributed by atoms with Crippen molar-refractivity contribution in [1.29, 1.82) is 0 Å². The molecule has 0 saturated heterocycles. The van der Waals surface area contributed by atoms with Gasteiger partial charge in [-0.2, -0.15) is 0 Å². The number of benzene rings is 2. The lowest BCUT2D eigenvalue weighted by Crippen LogP contribution is -2.55. The Morgan fingerprint density at radius 2 is 1.53 bits per heavy atom. The molecule has 0 aliphatic heterocycles. The van der Waals surface area contributed by atoms with Gasteiger partial charge in [0.05, 0.1) is 0 Å². The molecule has 0 radical (unpaired) electrons. The van der Waals surface area contributed by atoms with Crippen molar-refractivity contribution in [3.05, 3.63) is 65.7 Å². The minimum Gasteiger partial charge on any atom is -0.444 e. The van der Waals surface area contributed by atoms with Gasteiger partial charge in [0, 0.05) is 11.2 Å². The van der Waals surface area contributed by atoms with Crippen LogP contribution in [-0.4, -0.2) is 40.5 Å². The van der Waals surface area contributed by atoms with Gasteiger partial charge in [0.1, 0.15) is 18.2 Å². The molecule has 0 aromatic heterocycles. The molecule has 0 bridgehead atoms. The molecule has 34 heavy (non-hydrogen) atoms. The van der Waals surface area contributed by atoms with E-state index in [1.54, 1.807) is 25.7 Å². The molecule has 2 N–H and O–H groups in total. The molecule has 0 aliphatic carbocycles. The maximum absolute atomic E-state index is 13.7. The summed E-state index contributed by atoms with van der Waals surface area (Å²) in [4.78, 5) is 41.0. The van der Waals surface area contributed by atoms with E-state index in [-0.39, 0.29) is 18.4 Å². The number of para-hydroxylation sites is 1. The lowest BCUT2D eigenvalue weighted by Gasteiger charge is -2.43. The van der Waals surface area contributed by atoms with Crippen LogP contribution in [0.4, 0.5) is 10.5 Å². The molecule has 2 aromatic rings. The smallest absolute Gasteiger partial charge is 0.408 e. The number of nitrogens with one attached hydrogen (secondary N) is 2. The van der Waals surface area contributed by atoms with Crippen molar-refractivity contribution in [3.63, 3.8) is 0 Å². The van der Waals surface area contributed by atoms with Crippen molar-refractivity contribution >= 4 is 23.6 Å². The number of anilines is 1. The van der Waals surface area contributed by atoms with Crippen molar-refractivity contribution in [3.8, 4) is 0 Å². The molecular weight excluding hydrogens is 430 g/mol. The van der Waals surface area contributed by atoms with E-state index in [2.05, 4.69) is 10.6 Å². The van der Waals surface area contributed by atoms with Crippen LogP contribution >= 0.6 is 0 Å². The lowest BCUT2D eigenvalue weighted by atomic mass is 9.93. The Labute approximate surface area is 202 Å². The van der Waals surface area contributed by atoms with Crippen molar-refractivity contribution in [2.24, 2.45) is 0 Å². The second kappa shape index (κ2) is 11.2. The maximum Gasteiger partial charge on any atom is 0.408 e. The van der Waals surface area contributed by atoms with E-state index in [0.29, 0.717) is 17.7 Å². The zero-order chi connectivity index (χ0) is 25.5. The highest BCUT2D eigenvalue weighted by atomic mass is 16.6. The van der Waals surface area contributed by atoms with Crippen molar-refractivity contribution < 1.29 is 19.1 Å². The number of nitrogens with zero attached hydrogens (tertiary/aromatic N) is 1. The number of rotatable bonds is 8. The van der Waals surface area contributed by atoms with Crippen LogP contribution in [0.2, 0.25) is 0 Å². The van der Waals surface area contributed by atoms with E-state index in [1.807, 2.05) is 82.3 Å². The summed E-state index contributed by atoms with van der Waals surface area (Å²) in [5.41, 5.74) is 0.927. The topological polar surface area (TPSA) is 87.7 Å². The number of carbonyl (C=O) groups excluding carboxylic acids is 3. The van der Waals surface area contributed by atoms with Gasteiger partial charge in [0.25, 0.3) is 5.91 Å². The predicted octanol–water partition coefficient (Wildman–Crippen LogP) is 5.22. The van der Waals surface area contributed by atoms with Crippen molar-refractivity contribution in [1.82, 2.24) is 10.2 Å². The van der Waals surface area contributed by atoms with E-state index in [1.165, 1.54) is 0 Å². The molecule has 1 atom stereocenters. The van der Waals surface area contributed by atoms with Gasteiger partial charge in [0.2, 0.25) is 5.91 Å². The maximum atomic E-state index is 13.7. The standard InChI is InChI=1S/C27H37N3O4/c1-8-27(6,7)30(22(31)18-28-25(33)34-26(3,4)5)23(20-15-10-9-11-16-20)24(32)29-21-17-13-12-14-19(21)2/h9-17,23H,8,18H2,1-7H3,(H,28,33)(H,29,32). The quantitative estimate of drug-likeness (QED) is 0.557. The fourth-order valence-electron chi connectivity index (χ4n) is 3.52. The first kappa shape index (κ1) is 26.9. The molecule has 1 unspecified atom stereocenters. The van der Waals surface area contributed by atoms with E-state index >= 15 is 0 Å². The highest BCUT2D eigenvalue weighted by molar-refractivity contribution is 5.99. The molecule has 2 rings (SSSR count). The molecule has 0 heterocycles. The van der Waals surface area contributed by atoms with E-state index in [4.69, 9.17) is 4.74 Å². The fourth-order valence-corrected chi connectivity index (χ4v) is 3.52. The molecule has 0 spiro atoms. The Hall–Kier alpha value is -3.35. The Bertz CT molecular complexity index is 996. The van der Waals surface area contributed by atoms with Crippen LogP contribution < -0.4 is 10.6 Å². The number of ether oxygens (including phenoxy) is 1. The average Bonchev–Trinajstić information content (AvgIpc) is 2.76. The van der Waals surface area contributed by atoms with Gasteiger partial charge >= 0.3 is 6.09 Å². The SMILES string of the molecule is CCC(C)(C)N(C(=O)CNC(=O)OC(C)(C)C)C(C(=O)Nc1ccccc1C)c1ccccc1. The lowest BCUT2D eigenvalue weighted by molar-refractivity contribution is -0.145. The van der Waals surface area contributed by atoms with Gasteiger partial charge < -0.3 is 20.3 Å². The van der Waals surface area contributed by atoms with Gasteiger partial charge in [-0.3, -0.25) is 9.59 Å². The number of alkyl carbamates (subject to hydrolysis) is 1. The van der Waals surface area contributed by atoms with Crippen molar-refractivity contribution in [2.45, 2.75) is 72.1 Å². The minimum atomic E-state index is -0.899. The zero-order valence-electron chi connectivity index (χ0n) is 21.3. The number of aryl methyl sites for hydroxylation is 1. The monoisotopic (exact) mass is 467 g/mol. The van der Waals surface area contributed by atoms with E-state index in [0.717, 1.165) is 5.56 Å². The van der Waals surface area contributed by atoms with Gasteiger partial charge in [-0.15, -0.1) is 0 Å². The molecule has 7 nitrogen and oxygen atoms in total. The Kier molecular flexibility index (Phi) is 8.85. The summed E-state index contributed by atoms with van der Waals surface area (Å²) in [6, 6.07) is 15.8. The Balaban J connectivity index is 2.42. The average molecular weight is 468 g/mol. The number of amides is 3. The second-order valence-corrected chi connectivity index (χ2v) is 9.90. The van der Waals surface area contributed by atoms with Crippen LogP contribution in [0.25, 0.3) is 0 Å². The molecule has 0 saturated carbocycles. The van der Waals surface area contributed by atoms with Crippen LogP contribution in [-0.2, 0) is 14.3 Å². The Morgan fingerprint density at radius 1 is 0.941 bits per heavy atom. The molecule has 0 fully saturated rings. The summed E-state index contributed by atoms with van der Waals surface area (Å²) >= 11 is 0. The van der Waals surface area contributed by atoms with Crippen LogP contribution in [0.3, 0.4) is 0 Å². The van der Waals surface area contributed by atoms with Crippen LogP contribution in [0.5, 0.6) is 0 Å². The minimum absolute atomic E-state index is 0.292. The zero-order valence-corrected chi connectivity index (χ0v) is 21.3. The molecule has 0 aliphatic rings. The third kappa shape index (κ3) is 7.33. The number of hydrogen-bond donors (Lipinski definition) is 2. The highest BCUT2D eigenvalue weighted by Gasteiger charge is 2.40. The van der Waals surface area contributed by atoms with Crippen LogP contribution in [0.1, 0.15) is 65.1 Å². The molecular formula is C27H37N3O4. The first-order valence-corrected chi connectivity index (χ1v) is 11.6. The van der Waals surface area contributed by atoms with Gasteiger partial charge in [-0.05, 0) is 65.2 Å². The largest absolute Gasteiger partial charge is 0.444 e. The first-order valence-electron chi connectivity index (χ1n) is 11.6. The normalized spacial score (nSPS) is 12.4. The van der Waals surface area contributed by atoms with Gasteiger partial charge in [-0.1, -0.05) is 55.5 Å². The van der Waals surface area contributed by atoms with E-state index in [9.17, 15) is 14.4 Å². The molecule has 184 valence electrons. The van der Waals surface area contributed by atoms with Crippen LogP contribution in [0, 0.1) is 6.92 Å². The third-order valence-electron chi connectivity index (χ3n) is 5.59. The Morgan fingerprint density at radius 3 is 2.09 bits per heavy atom. The van der Waals surface area contributed by atoms with Gasteiger partial charge in [0.15, 0.2) is 0 Å². The van der Waals surface area contributed by atoms with Crippen LogP contribution in [0.15, 0.2) is 54.6 Å². The number of carbonyl (C=O) groups is 3. The number of hydrogen-bond acceptors (Lipinski definition) is 4. The molecule has 7 heteroatoms. The highest BCUT2D eigenvalue weighted by Crippen LogP contribution is 2.32. The third-order valence-corrected chi connectivity index (χ3v) is 5.59. The summed E-state index contributed by atoms with van der Waals surface area (Å²) in [5, 5.41) is 5.53. The van der Waals surface area contributed by atoms with E-state index < -0.39 is 23.3 Å². The molecule has 3 amide bonds. The first-order chi connectivity index (χ1) is 15.9. The summed E-state index contributed by atoms with van der Waals surface area (Å²) in [5.74, 6) is -0.709. The van der Waals surface area contributed by atoms with Crippen molar-refractivity contribution in [2.75, 3.05) is 11.9 Å². The molecule has 2 aromatic carbocycles. The second-order valence-electron chi connectivity index (χ2n) is 9.90. The summed E-state index contributed by atoms with van der Waals surface area (Å²) in [7, 11) is 0.